The van der Waals surface area contributed by atoms with Gasteiger partial charge in [-0.3, -0.25) is 0 Å². The fourth-order valence-electron chi connectivity index (χ4n) is 2.34. The summed E-state index contributed by atoms with van der Waals surface area (Å²) in [6.45, 7) is 0. The fraction of sp³-hybridized carbons (Fsp3) is 0.600. The van der Waals surface area contributed by atoms with E-state index in [-0.39, 0.29) is 0 Å². The van der Waals surface area contributed by atoms with Crippen LogP contribution in [0.1, 0.15) is 19.3 Å². The van der Waals surface area contributed by atoms with Gasteiger partial charge in [0.1, 0.15) is 0 Å². The molecular formula is C10H11ClO. The lowest BCUT2D eigenvalue weighted by molar-refractivity contribution is 0.332. The normalized spacial score (nSPS) is 43.9. The minimum absolute atomic E-state index is 0.533. The minimum atomic E-state index is 0.533. The Bertz CT molecular complexity index is 280. The van der Waals surface area contributed by atoms with Crippen molar-refractivity contribution in [3.05, 3.63) is 22.8 Å². The van der Waals surface area contributed by atoms with Gasteiger partial charge in [-0.2, -0.15) is 0 Å². The summed E-state index contributed by atoms with van der Waals surface area (Å²) in [6, 6.07) is 0. The van der Waals surface area contributed by atoms with Crippen molar-refractivity contribution in [1.29, 1.82) is 0 Å². The molecule has 0 amide bonds. The first-order valence-corrected chi connectivity index (χ1v) is 4.94. The SMILES string of the molecule is ClC1=CC2=CCC3OC3C2CC1. The number of halogens is 1. The molecule has 2 aliphatic carbocycles. The van der Waals surface area contributed by atoms with Crippen molar-refractivity contribution in [2.45, 2.75) is 31.5 Å². The monoisotopic (exact) mass is 182 g/mol. The number of epoxide rings is 1. The molecule has 1 nitrogen and oxygen atoms in total. The molecule has 0 aromatic rings. The van der Waals surface area contributed by atoms with Gasteiger partial charge in [-0.25, -0.2) is 0 Å². The average Bonchev–Trinajstić information content (AvgIpc) is 2.82. The maximum atomic E-state index is 5.98. The summed E-state index contributed by atoms with van der Waals surface area (Å²) in [5.41, 5.74) is 1.42. The van der Waals surface area contributed by atoms with Gasteiger partial charge < -0.3 is 4.74 Å². The van der Waals surface area contributed by atoms with E-state index in [0.717, 1.165) is 17.9 Å². The van der Waals surface area contributed by atoms with Crippen LogP contribution in [-0.2, 0) is 4.74 Å². The van der Waals surface area contributed by atoms with Crippen LogP contribution >= 0.6 is 11.6 Å². The summed E-state index contributed by atoms with van der Waals surface area (Å²) in [5, 5.41) is 1.01. The first kappa shape index (κ1) is 7.16. The van der Waals surface area contributed by atoms with E-state index in [1.807, 2.05) is 0 Å². The van der Waals surface area contributed by atoms with Gasteiger partial charge >= 0.3 is 0 Å². The van der Waals surface area contributed by atoms with E-state index in [9.17, 15) is 0 Å². The molecular weight excluding hydrogens is 172 g/mol. The lowest BCUT2D eigenvalue weighted by Crippen LogP contribution is -2.19. The van der Waals surface area contributed by atoms with Gasteiger partial charge in [-0.05, 0) is 30.9 Å². The highest BCUT2D eigenvalue weighted by Crippen LogP contribution is 2.46. The molecule has 3 rings (SSSR count). The Morgan fingerprint density at radius 3 is 3.33 bits per heavy atom. The van der Waals surface area contributed by atoms with Crippen LogP contribution in [0.2, 0.25) is 0 Å². The highest BCUT2D eigenvalue weighted by molar-refractivity contribution is 6.29. The molecule has 3 atom stereocenters. The van der Waals surface area contributed by atoms with Crippen LogP contribution < -0.4 is 0 Å². The summed E-state index contributed by atoms with van der Waals surface area (Å²) in [4.78, 5) is 0. The molecule has 0 aromatic heterocycles. The second-order valence-electron chi connectivity index (χ2n) is 3.82. The quantitative estimate of drug-likeness (QED) is 0.525. The molecule has 2 heteroatoms. The molecule has 3 unspecified atom stereocenters. The van der Waals surface area contributed by atoms with Crippen LogP contribution in [0, 0.1) is 5.92 Å². The summed E-state index contributed by atoms with van der Waals surface area (Å²) in [7, 11) is 0. The zero-order chi connectivity index (χ0) is 8.13. The van der Waals surface area contributed by atoms with Crippen molar-refractivity contribution in [3.8, 4) is 0 Å². The molecule has 3 aliphatic rings. The zero-order valence-electron chi connectivity index (χ0n) is 6.79. The third-order valence-electron chi connectivity index (χ3n) is 3.05. The third kappa shape index (κ3) is 0.964. The molecule has 0 N–H and O–H groups in total. The summed E-state index contributed by atoms with van der Waals surface area (Å²) in [5.74, 6) is 0.659. The second kappa shape index (κ2) is 2.36. The lowest BCUT2D eigenvalue weighted by Gasteiger charge is -2.23. The number of fused-ring (bicyclic) bond motifs is 3. The molecule has 1 aliphatic heterocycles. The van der Waals surface area contributed by atoms with Gasteiger partial charge in [0.15, 0.2) is 0 Å². The maximum absolute atomic E-state index is 5.98. The van der Waals surface area contributed by atoms with Gasteiger partial charge in [0.25, 0.3) is 0 Å². The molecule has 12 heavy (non-hydrogen) atoms. The van der Waals surface area contributed by atoms with Crippen molar-refractivity contribution >= 4 is 11.6 Å². The van der Waals surface area contributed by atoms with Gasteiger partial charge in [-0.1, -0.05) is 17.7 Å². The molecule has 0 bridgehead atoms. The van der Waals surface area contributed by atoms with Crippen molar-refractivity contribution in [1.82, 2.24) is 0 Å². The number of ether oxygens (including phenoxy) is 1. The van der Waals surface area contributed by atoms with E-state index in [1.54, 1.807) is 0 Å². The standard InChI is InChI=1S/C10H11ClO/c11-7-2-3-8-6(5-7)1-4-9-10(8)12-9/h1,5,8-10H,2-4H2. The largest absolute Gasteiger partial charge is 0.369 e. The highest BCUT2D eigenvalue weighted by Gasteiger charge is 2.47. The van der Waals surface area contributed by atoms with Gasteiger partial charge in [0.05, 0.1) is 12.2 Å². The number of hydrogen-bond donors (Lipinski definition) is 0. The Kier molecular flexibility index (Phi) is 1.41. The van der Waals surface area contributed by atoms with Crippen molar-refractivity contribution in [3.63, 3.8) is 0 Å². The van der Waals surface area contributed by atoms with Crippen molar-refractivity contribution < 1.29 is 4.74 Å². The lowest BCUT2D eigenvalue weighted by atomic mass is 9.81. The second-order valence-corrected chi connectivity index (χ2v) is 4.30. The molecule has 1 heterocycles. The summed E-state index contributed by atoms with van der Waals surface area (Å²) < 4.78 is 5.56. The van der Waals surface area contributed by atoms with Crippen molar-refractivity contribution in [2.75, 3.05) is 0 Å². The Balaban J connectivity index is 1.95. The highest BCUT2D eigenvalue weighted by atomic mass is 35.5. The van der Waals surface area contributed by atoms with Crippen LogP contribution in [0.15, 0.2) is 22.8 Å². The van der Waals surface area contributed by atoms with Gasteiger partial charge in [0.2, 0.25) is 0 Å². The molecule has 1 saturated heterocycles. The Hall–Kier alpha value is -0.270. The first-order chi connectivity index (χ1) is 5.84. The van der Waals surface area contributed by atoms with Crippen molar-refractivity contribution in [2.24, 2.45) is 5.92 Å². The Morgan fingerprint density at radius 2 is 2.42 bits per heavy atom. The maximum Gasteiger partial charge on any atom is 0.0913 e. The summed E-state index contributed by atoms with van der Waals surface area (Å²) >= 11 is 5.98. The van der Waals surface area contributed by atoms with E-state index < -0.39 is 0 Å². The van der Waals surface area contributed by atoms with E-state index in [0.29, 0.717) is 18.1 Å². The Morgan fingerprint density at radius 1 is 1.50 bits per heavy atom. The number of hydrogen-bond acceptors (Lipinski definition) is 1. The molecule has 64 valence electrons. The Labute approximate surface area is 77.0 Å². The average molecular weight is 183 g/mol. The molecule has 0 aromatic carbocycles. The molecule has 0 spiro atoms. The predicted molar refractivity (Wildman–Crippen MR) is 48.0 cm³/mol. The zero-order valence-corrected chi connectivity index (χ0v) is 7.55. The van der Waals surface area contributed by atoms with Gasteiger partial charge in [0, 0.05) is 11.0 Å². The predicted octanol–water partition coefficient (Wildman–Crippen LogP) is 2.62. The smallest absolute Gasteiger partial charge is 0.0913 e. The van der Waals surface area contributed by atoms with E-state index >= 15 is 0 Å². The first-order valence-electron chi connectivity index (χ1n) is 4.56. The molecule has 0 radical (unpaired) electrons. The van der Waals surface area contributed by atoms with Crippen LogP contribution in [0.5, 0.6) is 0 Å². The van der Waals surface area contributed by atoms with Gasteiger partial charge in [-0.15, -0.1) is 0 Å². The van der Waals surface area contributed by atoms with E-state index in [2.05, 4.69) is 12.2 Å². The van der Waals surface area contributed by atoms with Crippen LogP contribution in [-0.4, -0.2) is 12.2 Å². The third-order valence-corrected chi connectivity index (χ3v) is 3.35. The van der Waals surface area contributed by atoms with Crippen LogP contribution in [0.25, 0.3) is 0 Å². The molecule has 1 fully saturated rings. The van der Waals surface area contributed by atoms with E-state index in [1.165, 1.54) is 12.0 Å². The number of allylic oxidation sites excluding steroid dienone is 2. The topological polar surface area (TPSA) is 12.5 Å². The number of rotatable bonds is 0. The van der Waals surface area contributed by atoms with Crippen LogP contribution in [0.3, 0.4) is 0 Å². The van der Waals surface area contributed by atoms with Crippen LogP contribution in [0.4, 0.5) is 0 Å². The fourth-order valence-corrected chi connectivity index (χ4v) is 2.57. The minimum Gasteiger partial charge on any atom is -0.369 e. The van der Waals surface area contributed by atoms with E-state index in [4.69, 9.17) is 16.3 Å². The summed E-state index contributed by atoms with van der Waals surface area (Å²) in [6.07, 6.45) is 8.82. The molecule has 0 saturated carbocycles.